The van der Waals surface area contributed by atoms with Gasteiger partial charge in [-0.15, -0.1) is 0 Å². The van der Waals surface area contributed by atoms with Gasteiger partial charge in [0.2, 0.25) is 0 Å². The highest BCUT2D eigenvalue weighted by atomic mass is 16.5. The molecule has 6 nitrogen and oxygen atoms in total. The molecule has 2 heterocycles. The Kier molecular flexibility index (Phi) is 3.75. The lowest BCUT2D eigenvalue weighted by atomic mass is 9.68. The van der Waals surface area contributed by atoms with Crippen LogP contribution in [0, 0.1) is 11.8 Å². The SMILES string of the molecule is COC(=O)c1coc2cnc(C(=O)NC3CC4CCC3CC4)cc12. The molecule has 2 bridgehead atoms. The molecule has 0 aromatic carbocycles. The van der Waals surface area contributed by atoms with Gasteiger partial charge in [-0.1, -0.05) is 12.8 Å². The van der Waals surface area contributed by atoms with Gasteiger partial charge in [-0.3, -0.25) is 4.79 Å². The Balaban J connectivity index is 1.57. The quantitative estimate of drug-likeness (QED) is 0.876. The summed E-state index contributed by atoms with van der Waals surface area (Å²) in [5.74, 6) is 0.653. The van der Waals surface area contributed by atoms with Crippen LogP contribution in [0.3, 0.4) is 0 Å². The molecule has 1 N–H and O–H groups in total. The van der Waals surface area contributed by atoms with Crippen molar-refractivity contribution in [3.8, 4) is 0 Å². The molecule has 1 unspecified atom stereocenters. The third kappa shape index (κ3) is 2.56. The molecule has 6 heteroatoms. The van der Waals surface area contributed by atoms with Crippen LogP contribution < -0.4 is 5.32 Å². The van der Waals surface area contributed by atoms with Crippen molar-refractivity contribution in [1.29, 1.82) is 0 Å². The normalized spacial score (nSPS) is 25.6. The molecule has 0 aliphatic heterocycles. The Labute approximate surface area is 139 Å². The van der Waals surface area contributed by atoms with Gasteiger partial charge in [0.15, 0.2) is 5.58 Å². The molecule has 5 rings (SSSR count). The predicted octanol–water partition coefficient (Wildman–Crippen LogP) is 2.92. The van der Waals surface area contributed by atoms with Crippen molar-refractivity contribution in [2.75, 3.05) is 7.11 Å². The van der Waals surface area contributed by atoms with Crippen molar-refractivity contribution in [1.82, 2.24) is 10.3 Å². The molecular weight excluding hydrogens is 308 g/mol. The first-order chi connectivity index (χ1) is 11.7. The Morgan fingerprint density at radius 3 is 2.75 bits per heavy atom. The van der Waals surface area contributed by atoms with E-state index in [0.29, 0.717) is 28.1 Å². The van der Waals surface area contributed by atoms with Crippen LogP contribution in [0.25, 0.3) is 11.0 Å². The number of ether oxygens (including phenoxy) is 1. The largest absolute Gasteiger partial charge is 0.465 e. The Hall–Kier alpha value is -2.37. The van der Waals surface area contributed by atoms with Crippen LogP contribution in [-0.2, 0) is 4.74 Å². The molecule has 2 aromatic heterocycles. The number of furan rings is 1. The number of fused-ring (bicyclic) bond motifs is 4. The van der Waals surface area contributed by atoms with Crippen LogP contribution in [0.2, 0.25) is 0 Å². The van der Waals surface area contributed by atoms with Gasteiger partial charge in [-0.25, -0.2) is 9.78 Å². The molecule has 1 atom stereocenters. The van der Waals surface area contributed by atoms with Crippen LogP contribution in [0.15, 0.2) is 22.9 Å². The van der Waals surface area contributed by atoms with E-state index in [4.69, 9.17) is 9.15 Å². The number of carbonyl (C=O) groups excluding carboxylic acids is 2. The number of rotatable bonds is 3. The van der Waals surface area contributed by atoms with Crippen molar-refractivity contribution >= 4 is 22.8 Å². The van der Waals surface area contributed by atoms with Crippen molar-refractivity contribution in [2.24, 2.45) is 11.8 Å². The second kappa shape index (κ2) is 5.92. The lowest BCUT2D eigenvalue weighted by molar-refractivity contribution is 0.0601. The fourth-order valence-electron chi connectivity index (χ4n) is 4.12. The van der Waals surface area contributed by atoms with Gasteiger partial charge < -0.3 is 14.5 Å². The maximum absolute atomic E-state index is 12.6. The summed E-state index contributed by atoms with van der Waals surface area (Å²) in [6, 6.07) is 1.84. The van der Waals surface area contributed by atoms with E-state index in [2.05, 4.69) is 10.3 Å². The summed E-state index contributed by atoms with van der Waals surface area (Å²) in [4.78, 5) is 28.5. The van der Waals surface area contributed by atoms with Crippen LogP contribution in [0.4, 0.5) is 0 Å². The number of pyridine rings is 1. The van der Waals surface area contributed by atoms with E-state index in [9.17, 15) is 9.59 Å². The molecule has 3 aliphatic rings. The number of amides is 1. The average Bonchev–Trinajstić information content (AvgIpc) is 3.05. The number of nitrogens with zero attached hydrogens (tertiary/aromatic N) is 1. The number of carbonyl (C=O) groups is 2. The summed E-state index contributed by atoms with van der Waals surface area (Å²) in [6.45, 7) is 0. The second-order valence-corrected chi connectivity index (χ2v) is 6.80. The maximum atomic E-state index is 12.6. The zero-order valence-corrected chi connectivity index (χ0v) is 13.6. The molecule has 1 amide bonds. The topological polar surface area (TPSA) is 81.4 Å². The monoisotopic (exact) mass is 328 g/mol. The summed E-state index contributed by atoms with van der Waals surface area (Å²) in [5.41, 5.74) is 1.07. The molecule has 0 radical (unpaired) electrons. The zero-order valence-electron chi connectivity index (χ0n) is 13.6. The van der Waals surface area contributed by atoms with Gasteiger partial charge in [0, 0.05) is 11.4 Å². The van der Waals surface area contributed by atoms with E-state index in [1.165, 1.54) is 45.3 Å². The minimum Gasteiger partial charge on any atom is -0.465 e. The molecule has 3 aliphatic carbocycles. The fraction of sp³-hybridized carbons (Fsp3) is 0.500. The number of aromatic nitrogens is 1. The average molecular weight is 328 g/mol. The number of hydrogen-bond acceptors (Lipinski definition) is 5. The van der Waals surface area contributed by atoms with Crippen LogP contribution in [0.5, 0.6) is 0 Å². The van der Waals surface area contributed by atoms with E-state index in [0.717, 1.165) is 12.3 Å². The first-order valence-electron chi connectivity index (χ1n) is 8.42. The molecule has 3 saturated carbocycles. The van der Waals surface area contributed by atoms with Crippen LogP contribution in [0.1, 0.15) is 53.0 Å². The summed E-state index contributed by atoms with van der Waals surface area (Å²) in [6.07, 6.45) is 8.87. The van der Waals surface area contributed by atoms with E-state index in [1.807, 2.05) is 0 Å². The second-order valence-electron chi connectivity index (χ2n) is 6.80. The third-order valence-electron chi connectivity index (χ3n) is 5.46. The number of nitrogens with one attached hydrogen (secondary N) is 1. The molecule has 24 heavy (non-hydrogen) atoms. The van der Waals surface area contributed by atoms with E-state index < -0.39 is 5.97 Å². The van der Waals surface area contributed by atoms with Gasteiger partial charge in [-0.05, 0) is 37.2 Å². The van der Waals surface area contributed by atoms with Crippen molar-refractivity contribution in [2.45, 2.75) is 38.1 Å². The van der Waals surface area contributed by atoms with Crippen molar-refractivity contribution < 1.29 is 18.7 Å². The third-order valence-corrected chi connectivity index (χ3v) is 5.46. The number of methoxy groups -OCH3 is 1. The van der Waals surface area contributed by atoms with E-state index >= 15 is 0 Å². The lowest BCUT2D eigenvalue weighted by Crippen LogP contribution is -2.47. The summed E-state index contributed by atoms with van der Waals surface area (Å²) >= 11 is 0. The highest BCUT2D eigenvalue weighted by Crippen LogP contribution is 2.41. The molecular formula is C18H20N2O4. The molecule has 0 spiro atoms. The Morgan fingerprint density at radius 1 is 1.29 bits per heavy atom. The maximum Gasteiger partial charge on any atom is 0.341 e. The first-order valence-corrected chi connectivity index (χ1v) is 8.42. The molecule has 3 fully saturated rings. The van der Waals surface area contributed by atoms with Gasteiger partial charge in [0.25, 0.3) is 5.91 Å². The molecule has 126 valence electrons. The van der Waals surface area contributed by atoms with Crippen molar-refractivity contribution in [3.05, 3.63) is 29.8 Å². The highest BCUT2D eigenvalue weighted by Gasteiger charge is 2.36. The zero-order chi connectivity index (χ0) is 16.7. The van der Waals surface area contributed by atoms with Crippen LogP contribution in [-0.4, -0.2) is 30.0 Å². The van der Waals surface area contributed by atoms with Crippen molar-refractivity contribution in [3.63, 3.8) is 0 Å². The summed E-state index contributed by atoms with van der Waals surface area (Å²) in [7, 11) is 1.31. The minimum atomic E-state index is -0.490. The standard InChI is InChI=1S/C18H20N2O4/c1-23-18(22)13-9-24-16-8-19-15(7-12(13)16)17(21)20-14-6-10-2-4-11(14)5-3-10/h7-11,14H,2-6H2,1H3,(H,20,21). The Bertz CT molecular complexity index is 789. The smallest absolute Gasteiger partial charge is 0.341 e. The first kappa shape index (κ1) is 15.2. The van der Waals surface area contributed by atoms with Gasteiger partial charge in [0.05, 0.1) is 13.3 Å². The number of hydrogen-bond donors (Lipinski definition) is 1. The number of esters is 1. The summed E-state index contributed by atoms with van der Waals surface area (Å²) in [5, 5.41) is 3.69. The van der Waals surface area contributed by atoms with Gasteiger partial charge >= 0.3 is 5.97 Å². The van der Waals surface area contributed by atoms with Gasteiger partial charge in [0.1, 0.15) is 17.5 Å². The molecule has 2 aromatic rings. The van der Waals surface area contributed by atoms with Gasteiger partial charge in [-0.2, -0.15) is 0 Å². The van der Waals surface area contributed by atoms with Crippen LogP contribution >= 0.6 is 0 Å². The lowest BCUT2D eigenvalue weighted by Gasteiger charge is -2.42. The van der Waals surface area contributed by atoms with E-state index in [-0.39, 0.29) is 11.9 Å². The summed E-state index contributed by atoms with van der Waals surface area (Å²) < 4.78 is 10.0. The highest BCUT2D eigenvalue weighted by molar-refractivity contribution is 6.05. The fourth-order valence-corrected chi connectivity index (χ4v) is 4.12. The molecule has 0 saturated heterocycles. The Morgan fingerprint density at radius 2 is 2.08 bits per heavy atom. The van der Waals surface area contributed by atoms with E-state index in [1.54, 1.807) is 6.07 Å². The minimum absolute atomic E-state index is 0.188. The predicted molar refractivity (Wildman–Crippen MR) is 86.7 cm³/mol.